The summed E-state index contributed by atoms with van der Waals surface area (Å²) in [6.45, 7) is 4.46. The van der Waals surface area contributed by atoms with E-state index in [9.17, 15) is 0 Å². The van der Waals surface area contributed by atoms with Crippen molar-refractivity contribution in [1.82, 2.24) is 0 Å². The van der Waals surface area contributed by atoms with Crippen LogP contribution in [0.2, 0.25) is 0 Å². The van der Waals surface area contributed by atoms with Crippen LogP contribution in [0.3, 0.4) is 0 Å². The van der Waals surface area contributed by atoms with Gasteiger partial charge in [-0.1, -0.05) is 39.5 Å². The van der Waals surface area contributed by atoms with Crippen LogP contribution in [-0.2, 0) is 0 Å². The molecule has 0 aliphatic carbocycles. The molecule has 0 N–H and O–H groups in total. The van der Waals surface area contributed by atoms with Crippen LogP contribution in [0.1, 0.15) is 39.5 Å². The Morgan fingerprint density at radius 1 is 0.857 bits per heavy atom. The Labute approximate surface area is 63.4 Å². The third kappa shape index (κ3) is 10.8. The number of unbranched alkanes of at least 4 members (excludes halogenated alkanes) is 3. The SMILES string of the molecule is CCCCCC.[TeH2]. The van der Waals surface area contributed by atoms with Crippen molar-refractivity contribution < 1.29 is 0 Å². The van der Waals surface area contributed by atoms with Gasteiger partial charge in [-0.25, -0.2) is 0 Å². The number of hydrogen-bond donors (Lipinski definition) is 0. The van der Waals surface area contributed by atoms with Crippen LogP contribution in [0, 0.1) is 0 Å². The van der Waals surface area contributed by atoms with E-state index in [1.165, 1.54) is 25.7 Å². The van der Waals surface area contributed by atoms with Crippen LogP contribution in [0.5, 0.6) is 0 Å². The van der Waals surface area contributed by atoms with Crippen LogP contribution in [0.4, 0.5) is 0 Å². The molecule has 0 radical (unpaired) electrons. The summed E-state index contributed by atoms with van der Waals surface area (Å²) in [6, 6.07) is 0. The fourth-order valence-electron chi connectivity index (χ4n) is 0.500. The summed E-state index contributed by atoms with van der Waals surface area (Å²) in [4.78, 5) is 0. The van der Waals surface area contributed by atoms with Gasteiger partial charge in [-0.15, -0.1) is 0 Å². The first-order chi connectivity index (χ1) is 2.91. The zero-order valence-corrected chi connectivity index (χ0v) is 8.18. The van der Waals surface area contributed by atoms with E-state index in [1.54, 1.807) is 0 Å². The van der Waals surface area contributed by atoms with Gasteiger partial charge in [0.05, 0.1) is 0 Å². The summed E-state index contributed by atoms with van der Waals surface area (Å²) >= 11 is 0. The van der Waals surface area contributed by atoms with Gasteiger partial charge in [-0.2, -0.15) is 0 Å². The van der Waals surface area contributed by atoms with Crippen molar-refractivity contribution >= 4 is 23.7 Å². The summed E-state index contributed by atoms with van der Waals surface area (Å²) in [6.07, 6.45) is 5.54. The Kier molecular flexibility index (Phi) is 15.2. The minimum absolute atomic E-state index is 0. The van der Waals surface area contributed by atoms with Gasteiger partial charge in [0.1, 0.15) is 0 Å². The van der Waals surface area contributed by atoms with E-state index < -0.39 is 0 Å². The van der Waals surface area contributed by atoms with Gasteiger partial charge in [0.25, 0.3) is 0 Å². The third-order valence-electron chi connectivity index (χ3n) is 0.957. The van der Waals surface area contributed by atoms with Crippen molar-refractivity contribution in [3.05, 3.63) is 0 Å². The summed E-state index contributed by atoms with van der Waals surface area (Å²) in [5.74, 6) is 0. The molecule has 0 aromatic heterocycles. The van der Waals surface area contributed by atoms with E-state index >= 15 is 0 Å². The van der Waals surface area contributed by atoms with Crippen molar-refractivity contribution in [2.24, 2.45) is 0 Å². The molecule has 0 spiro atoms. The molecular formula is C6H16Te. The van der Waals surface area contributed by atoms with Crippen LogP contribution in [0.15, 0.2) is 0 Å². The van der Waals surface area contributed by atoms with Crippen molar-refractivity contribution in [2.45, 2.75) is 39.5 Å². The fourth-order valence-corrected chi connectivity index (χ4v) is 0.500. The molecule has 7 heavy (non-hydrogen) atoms. The van der Waals surface area contributed by atoms with E-state index in [1.807, 2.05) is 0 Å². The maximum atomic E-state index is 2.23. The molecule has 0 atom stereocenters. The molecule has 0 saturated carbocycles. The zero-order chi connectivity index (χ0) is 4.83. The van der Waals surface area contributed by atoms with Gasteiger partial charge in [0.15, 0.2) is 0 Å². The summed E-state index contributed by atoms with van der Waals surface area (Å²) in [5.41, 5.74) is 0. The molecule has 0 saturated heterocycles. The van der Waals surface area contributed by atoms with Gasteiger partial charge >= 0.3 is 23.7 Å². The standard InChI is InChI=1S/C6H14.H2Te/c1-3-5-6-4-2;/h3-6H2,1-2H3;1H2. The second kappa shape index (κ2) is 9.92. The first-order valence-electron chi connectivity index (χ1n) is 2.91. The Bertz CT molecular complexity index is 16.1. The molecule has 46 valence electrons. The average Bonchev–Trinajstić information content (AvgIpc) is 1.61. The van der Waals surface area contributed by atoms with Crippen molar-refractivity contribution in [3.8, 4) is 0 Å². The van der Waals surface area contributed by atoms with Crippen LogP contribution >= 0.6 is 0 Å². The maximum absolute atomic E-state index is 2.23. The van der Waals surface area contributed by atoms with Crippen LogP contribution < -0.4 is 0 Å². The quantitative estimate of drug-likeness (QED) is 0.497. The molecule has 0 unspecified atom stereocenters. The average molecular weight is 216 g/mol. The molecule has 0 heterocycles. The van der Waals surface area contributed by atoms with Crippen molar-refractivity contribution in [2.75, 3.05) is 0 Å². The topological polar surface area (TPSA) is 0 Å². The molecule has 0 aliphatic rings. The van der Waals surface area contributed by atoms with Gasteiger partial charge in [-0.3, -0.25) is 0 Å². The van der Waals surface area contributed by atoms with Crippen molar-refractivity contribution in [3.63, 3.8) is 0 Å². The predicted molar refractivity (Wildman–Crippen MR) is 38.4 cm³/mol. The van der Waals surface area contributed by atoms with Crippen LogP contribution in [-0.4, -0.2) is 23.7 Å². The van der Waals surface area contributed by atoms with Gasteiger partial charge < -0.3 is 0 Å². The van der Waals surface area contributed by atoms with Gasteiger partial charge in [-0.05, 0) is 0 Å². The fraction of sp³-hybridized carbons (Fsp3) is 1.00. The van der Waals surface area contributed by atoms with Gasteiger partial charge in [0, 0.05) is 0 Å². The normalized spacial score (nSPS) is 7.71. The van der Waals surface area contributed by atoms with Gasteiger partial charge in [0.2, 0.25) is 0 Å². The third-order valence-corrected chi connectivity index (χ3v) is 0.957. The molecule has 0 bridgehead atoms. The van der Waals surface area contributed by atoms with Crippen LogP contribution in [0.25, 0.3) is 0 Å². The molecule has 1 heteroatoms. The Morgan fingerprint density at radius 2 is 1.14 bits per heavy atom. The predicted octanol–water partition coefficient (Wildman–Crippen LogP) is 1.67. The molecule has 0 amide bonds. The molecule has 0 aromatic rings. The summed E-state index contributed by atoms with van der Waals surface area (Å²) in [5, 5.41) is 0. The van der Waals surface area contributed by atoms with E-state index in [0.29, 0.717) is 0 Å². The van der Waals surface area contributed by atoms with E-state index in [0.717, 1.165) is 0 Å². The van der Waals surface area contributed by atoms with E-state index in [-0.39, 0.29) is 23.7 Å². The molecule has 0 nitrogen and oxygen atoms in total. The van der Waals surface area contributed by atoms with E-state index in [2.05, 4.69) is 13.8 Å². The minimum atomic E-state index is 0. The number of hydrogen-bond acceptors (Lipinski definition) is 0. The molecule has 0 fully saturated rings. The first-order valence-corrected chi connectivity index (χ1v) is 2.91. The summed E-state index contributed by atoms with van der Waals surface area (Å²) < 4.78 is 0. The van der Waals surface area contributed by atoms with E-state index in [4.69, 9.17) is 0 Å². The second-order valence-corrected chi connectivity index (χ2v) is 1.71. The first kappa shape index (κ1) is 10.7. The van der Waals surface area contributed by atoms with Crippen molar-refractivity contribution in [1.29, 1.82) is 0 Å². The molecule has 0 aliphatic heterocycles. The molecule has 0 rings (SSSR count). The Hall–Kier alpha value is 0.790. The summed E-state index contributed by atoms with van der Waals surface area (Å²) in [7, 11) is 0. The second-order valence-electron chi connectivity index (χ2n) is 1.71. The monoisotopic (exact) mass is 218 g/mol. The zero-order valence-electron chi connectivity index (χ0n) is 5.33. The molecule has 0 aromatic carbocycles. The number of rotatable bonds is 3. The molecular weight excluding hydrogens is 200 g/mol. The Balaban J connectivity index is 0. The Morgan fingerprint density at radius 3 is 1.29 bits per heavy atom.